The van der Waals surface area contributed by atoms with E-state index in [9.17, 15) is 4.39 Å². The molecule has 1 rings (SSSR count). The van der Waals surface area contributed by atoms with E-state index in [0.717, 1.165) is 5.56 Å². The fraction of sp³-hybridized carbons (Fsp3) is 0.333. The molecule has 0 aromatic heterocycles. The number of halogens is 2. The van der Waals surface area contributed by atoms with Crippen LogP contribution < -0.4 is 4.74 Å². The minimum absolute atomic E-state index is 0.0845. The summed E-state index contributed by atoms with van der Waals surface area (Å²) in [6.45, 7) is 1.50. The molecule has 3 heteroatoms. The fourth-order valence-electron chi connectivity index (χ4n) is 0.878. The van der Waals surface area contributed by atoms with E-state index in [-0.39, 0.29) is 6.61 Å². The molecule has 0 aliphatic carbocycles. The number of hydrogen-bond donors (Lipinski definition) is 0. The van der Waals surface area contributed by atoms with Crippen molar-refractivity contribution in [1.82, 2.24) is 0 Å². The molecule has 0 aliphatic heterocycles. The van der Waals surface area contributed by atoms with Crippen LogP contribution in [0.4, 0.5) is 4.39 Å². The molecule has 1 aromatic rings. The molecule has 0 N–H and O–H groups in total. The first-order valence-corrected chi connectivity index (χ1v) is 4.07. The molecule has 12 heavy (non-hydrogen) atoms. The van der Waals surface area contributed by atoms with Gasteiger partial charge in [-0.15, -0.1) is 0 Å². The second kappa shape index (κ2) is 4.31. The van der Waals surface area contributed by atoms with Gasteiger partial charge in [0.25, 0.3) is 0 Å². The standard InChI is InChI=1S/C9H10ClFO/c1-7-2-3-8(10)6-9(7)12-5-4-11/h2-3,6H,4-5H2,1H3. The predicted molar refractivity (Wildman–Crippen MR) is 47.7 cm³/mol. The molecule has 0 saturated heterocycles. The Morgan fingerprint density at radius 3 is 2.92 bits per heavy atom. The second-order valence-electron chi connectivity index (χ2n) is 2.45. The van der Waals surface area contributed by atoms with Crippen LogP contribution in [0, 0.1) is 6.92 Å². The van der Waals surface area contributed by atoms with Crippen molar-refractivity contribution in [2.24, 2.45) is 0 Å². The zero-order chi connectivity index (χ0) is 8.97. The molecule has 1 aromatic carbocycles. The lowest BCUT2D eigenvalue weighted by Crippen LogP contribution is -1.99. The van der Waals surface area contributed by atoms with Gasteiger partial charge in [-0.1, -0.05) is 17.7 Å². The molecule has 0 bridgehead atoms. The highest BCUT2D eigenvalue weighted by Gasteiger charge is 1.99. The van der Waals surface area contributed by atoms with Crippen molar-refractivity contribution in [3.63, 3.8) is 0 Å². The summed E-state index contributed by atoms with van der Waals surface area (Å²) in [5, 5.41) is 0.606. The Morgan fingerprint density at radius 1 is 1.50 bits per heavy atom. The van der Waals surface area contributed by atoms with Gasteiger partial charge in [-0.05, 0) is 24.6 Å². The van der Waals surface area contributed by atoms with Crippen molar-refractivity contribution in [3.05, 3.63) is 28.8 Å². The predicted octanol–water partition coefficient (Wildman–Crippen LogP) is 3.00. The molecule has 0 aliphatic rings. The first-order valence-electron chi connectivity index (χ1n) is 3.69. The Hall–Kier alpha value is -0.760. The summed E-state index contributed by atoms with van der Waals surface area (Å²) in [4.78, 5) is 0. The maximum absolute atomic E-state index is 11.8. The van der Waals surface area contributed by atoms with Crippen LogP contribution in [-0.2, 0) is 0 Å². The van der Waals surface area contributed by atoms with Crippen LogP contribution in [0.2, 0.25) is 5.02 Å². The van der Waals surface area contributed by atoms with Crippen LogP contribution in [0.5, 0.6) is 5.75 Å². The van der Waals surface area contributed by atoms with Crippen molar-refractivity contribution in [3.8, 4) is 5.75 Å². The summed E-state index contributed by atoms with van der Waals surface area (Å²) >= 11 is 5.72. The quantitative estimate of drug-likeness (QED) is 0.709. The largest absolute Gasteiger partial charge is 0.491 e. The van der Waals surface area contributed by atoms with Gasteiger partial charge in [-0.2, -0.15) is 0 Å². The van der Waals surface area contributed by atoms with Gasteiger partial charge >= 0.3 is 0 Å². The number of hydrogen-bond acceptors (Lipinski definition) is 1. The first kappa shape index (κ1) is 9.33. The van der Waals surface area contributed by atoms with Gasteiger partial charge in [0, 0.05) is 5.02 Å². The molecular weight excluding hydrogens is 179 g/mol. The van der Waals surface area contributed by atoms with Crippen LogP contribution in [0.3, 0.4) is 0 Å². The third-order valence-corrected chi connectivity index (χ3v) is 1.72. The van der Waals surface area contributed by atoms with E-state index in [1.165, 1.54) is 0 Å². The molecular formula is C9H10ClFO. The molecule has 0 saturated carbocycles. The zero-order valence-corrected chi connectivity index (χ0v) is 7.57. The van der Waals surface area contributed by atoms with Crippen LogP contribution in [-0.4, -0.2) is 13.3 Å². The lowest BCUT2D eigenvalue weighted by Gasteiger charge is -2.06. The summed E-state index contributed by atoms with van der Waals surface area (Å²) in [7, 11) is 0. The highest BCUT2D eigenvalue weighted by Crippen LogP contribution is 2.22. The summed E-state index contributed by atoms with van der Waals surface area (Å²) in [6.07, 6.45) is 0. The zero-order valence-electron chi connectivity index (χ0n) is 6.81. The van der Waals surface area contributed by atoms with Gasteiger partial charge in [0.05, 0.1) is 0 Å². The van der Waals surface area contributed by atoms with Crippen molar-refractivity contribution in [2.45, 2.75) is 6.92 Å². The highest BCUT2D eigenvalue weighted by atomic mass is 35.5. The molecule has 0 fully saturated rings. The van der Waals surface area contributed by atoms with Crippen LogP contribution in [0.1, 0.15) is 5.56 Å². The van der Waals surface area contributed by atoms with E-state index < -0.39 is 6.67 Å². The Kier molecular flexibility index (Phi) is 3.35. The van der Waals surface area contributed by atoms with E-state index in [1.54, 1.807) is 12.1 Å². The van der Waals surface area contributed by atoms with E-state index >= 15 is 0 Å². The summed E-state index contributed by atoms with van der Waals surface area (Å²) in [5.74, 6) is 0.653. The van der Waals surface area contributed by atoms with Gasteiger partial charge in [-0.25, -0.2) is 4.39 Å². The van der Waals surface area contributed by atoms with Crippen molar-refractivity contribution in [2.75, 3.05) is 13.3 Å². The third-order valence-electron chi connectivity index (χ3n) is 1.48. The van der Waals surface area contributed by atoms with E-state index in [1.807, 2.05) is 13.0 Å². The van der Waals surface area contributed by atoms with Crippen molar-refractivity contribution >= 4 is 11.6 Å². The Labute approximate surface area is 76.1 Å². The van der Waals surface area contributed by atoms with Crippen molar-refractivity contribution < 1.29 is 9.13 Å². The van der Waals surface area contributed by atoms with E-state index in [4.69, 9.17) is 16.3 Å². The van der Waals surface area contributed by atoms with E-state index in [2.05, 4.69) is 0 Å². The fourth-order valence-corrected chi connectivity index (χ4v) is 1.04. The smallest absolute Gasteiger partial charge is 0.123 e. The first-order chi connectivity index (χ1) is 5.74. The molecule has 0 radical (unpaired) electrons. The molecule has 0 unspecified atom stereocenters. The normalized spacial score (nSPS) is 9.92. The molecule has 1 nitrogen and oxygen atoms in total. The summed E-state index contributed by atoms with van der Waals surface area (Å²) in [6, 6.07) is 5.31. The highest BCUT2D eigenvalue weighted by molar-refractivity contribution is 6.30. The maximum Gasteiger partial charge on any atom is 0.123 e. The van der Waals surface area contributed by atoms with Gasteiger partial charge in [-0.3, -0.25) is 0 Å². The monoisotopic (exact) mass is 188 g/mol. The number of ether oxygens (including phenoxy) is 1. The van der Waals surface area contributed by atoms with Crippen LogP contribution >= 0.6 is 11.6 Å². The number of aryl methyl sites for hydroxylation is 1. The lowest BCUT2D eigenvalue weighted by molar-refractivity contribution is 0.272. The van der Waals surface area contributed by atoms with Crippen LogP contribution in [0.25, 0.3) is 0 Å². The van der Waals surface area contributed by atoms with Crippen LogP contribution in [0.15, 0.2) is 18.2 Å². The van der Waals surface area contributed by atoms with Gasteiger partial charge in [0.1, 0.15) is 19.0 Å². The van der Waals surface area contributed by atoms with Gasteiger partial charge in [0.15, 0.2) is 0 Å². The Bertz CT molecular complexity index is 263. The molecule has 0 spiro atoms. The van der Waals surface area contributed by atoms with Crippen molar-refractivity contribution in [1.29, 1.82) is 0 Å². The Morgan fingerprint density at radius 2 is 2.25 bits per heavy atom. The molecule has 0 heterocycles. The topological polar surface area (TPSA) is 9.23 Å². The van der Waals surface area contributed by atoms with Gasteiger partial charge in [0.2, 0.25) is 0 Å². The number of alkyl halides is 1. The minimum atomic E-state index is -0.480. The maximum atomic E-state index is 11.8. The molecule has 66 valence electrons. The average Bonchev–Trinajstić information content (AvgIpc) is 2.07. The average molecular weight is 189 g/mol. The van der Waals surface area contributed by atoms with Gasteiger partial charge < -0.3 is 4.74 Å². The number of rotatable bonds is 3. The third kappa shape index (κ3) is 2.38. The number of benzene rings is 1. The summed E-state index contributed by atoms with van der Waals surface area (Å²) in [5.41, 5.74) is 0.966. The second-order valence-corrected chi connectivity index (χ2v) is 2.88. The summed E-state index contributed by atoms with van der Waals surface area (Å²) < 4.78 is 16.9. The SMILES string of the molecule is Cc1ccc(Cl)cc1OCCF. The molecule has 0 amide bonds. The lowest BCUT2D eigenvalue weighted by atomic mass is 10.2. The Balaban J connectivity index is 2.75. The minimum Gasteiger partial charge on any atom is -0.491 e. The van der Waals surface area contributed by atoms with E-state index in [0.29, 0.717) is 10.8 Å². The molecule has 0 atom stereocenters.